The van der Waals surface area contributed by atoms with Crippen LogP contribution in [0.15, 0.2) is 85.3 Å². The molecule has 0 saturated heterocycles. The summed E-state index contributed by atoms with van der Waals surface area (Å²) in [7, 11) is 0. The molecule has 4 rings (SSSR count). The molecule has 2 aromatic heterocycles. The van der Waals surface area contributed by atoms with E-state index in [2.05, 4.69) is 20.6 Å². The summed E-state index contributed by atoms with van der Waals surface area (Å²) in [5, 5.41) is 6.64. The van der Waals surface area contributed by atoms with Crippen LogP contribution in [-0.2, 0) is 16.0 Å². The molecule has 33 heavy (non-hydrogen) atoms. The number of benzene rings is 2. The summed E-state index contributed by atoms with van der Waals surface area (Å²) in [6.07, 6.45) is 6.23. The minimum atomic E-state index is -0.211. The quantitative estimate of drug-likeness (QED) is 0.332. The van der Waals surface area contributed by atoms with Crippen molar-refractivity contribution in [1.82, 2.24) is 15.0 Å². The molecule has 0 amide bonds. The number of nitrogens with one attached hydrogen (secondary N) is 2. The van der Waals surface area contributed by atoms with Crippen molar-refractivity contribution >= 4 is 29.1 Å². The van der Waals surface area contributed by atoms with Gasteiger partial charge in [-0.2, -0.15) is 4.98 Å². The van der Waals surface area contributed by atoms with Crippen LogP contribution in [0.25, 0.3) is 11.1 Å². The van der Waals surface area contributed by atoms with E-state index >= 15 is 0 Å². The third-order valence-corrected chi connectivity index (χ3v) is 4.98. The fourth-order valence-electron chi connectivity index (χ4n) is 3.30. The maximum atomic E-state index is 11.5. The monoisotopic (exact) mass is 439 g/mol. The van der Waals surface area contributed by atoms with Gasteiger partial charge in [0.15, 0.2) is 0 Å². The van der Waals surface area contributed by atoms with Gasteiger partial charge in [0, 0.05) is 53.9 Å². The van der Waals surface area contributed by atoms with Crippen molar-refractivity contribution in [2.45, 2.75) is 19.8 Å². The highest BCUT2D eigenvalue weighted by atomic mass is 16.5. The molecule has 0 radical (unpaired) electrons. The zero-order valence-corrected chi connectivity index (χ0v) is 18.4. The molecule has 0 atom stereocenters. The molecule has 166 valence electrons. The number of anilines is 4. The van der Waals surface area contributed by atoms with Crippen LogP contribution in [-0.4, -0.2) is 27.5 Å². The van der Waals surface area contributed by atoms with Gasteiger partial charge < -0.3 is 15.4 Å². The van der Waals surface area contributed by atoms with Gasteiger partial charge in [-0.3, -0.25) is 9.78 Å². The highest BCUT2D eigenvalue weighted by Gasteiger charge is 2.14. The Morgan fingerprint density at radius 1 is 0.879 bits per heavy atom. The number of hydrogen-bond acceptors (Lipinski definition) is 7. The molecule has 7 heteroatoms. The SMILES string of the molecule is CCC(=O)OCCc1ccncc1-c1cnc(Nc2ccccc2)nc1Nc1ccccc1. The van der Waals surface area contributed by atoms with E-state index in [0.29, 0.717) is 31.2 Å². The predicted molar refractivity (Wildman–Crippen MR) is 130 cm³/mol. The van der Waals surface area contributed by atoms with Crippen molar-refractivity contribution in [2.75, 3.05) is 17.2 Å². The third-order valence-electron chi connectivity index (χ3n) is 4.98. The molecule has 0 aliphatic carbocycles. The average Bonchev–Trinajstić information content (AvgIpc) is 2.86. The summed E-state index contributed by atoms with van der Waals surface area (Å²) in [6.45, 7) is 2.09. The van der Waals surface area contributed by atoms with Gasteiger partial charge >= 0.3 is 5.97 Å². The summed E-state index contributed by atoms with van der Waals surface area (Å²) in [5.74, 6) is 0.914. The Morgan fingerprint density at radius 3 is 2.27 bits per heavy atom. The second kappa shape index (κ2) is 10.9. The van der Waals surface area contributed by atoms with E-state index in [-0.39, 0.29) is 5.97 Å². The maximum absolute atomic E-state index is 11.5. The van der Waals surface area contributed by atoms with Crippen LogP contribution in [0.5, 0.6) is 0 Å². The Bertz CT molecular complexity index is 1200. The van der Waals surface area contributed by atoms with Crippen molar-refractivity contribution in [3.63, 3.8) is 0 Å². The van der Waals surface area contributed by atoms with E-state index in [1.165, 1.54) is 0 Å². The van der Waals surface area contributed by atoms with Gasteiger partial charge in [0.2, 0.25) is 5.95 Å². The van der Waals surface area contributed by atoms with Gasteiger partial charge in [-0.15, -0.1) is 0 Å². The highest BCUT2D eigenvalue weighted by molar-refractivity contribution is 5.80. The predicted octanol–water partition coefficient (Wildman–Crippen LogP) is 5.52. The van der Waals surface area contributed by atoms with E-state index in [9.17, 15) is 4.79 Å². The number of pyridine rings is 1. The number of esters is 1. The topological polar surface area (TPSA) is 89.0 Å². The summed E-state index contributed by atoms with van der Waals surface area (Å²) >= 11 is 0. The van der Waals surface area contributed by atoms with Crippen LogP contribution in [0.2, 0.25) is 0 Å². The first-order valence-corrected chi connectivity index (χ1v) is 10.8. The second-order valence-corrected chi connectivity index (χ2v) is 7.29. The molecule has 0 unspecified atom stereocenters. The lowest BCUT2D eigenvalue weighted by atomic mass is 10.0. The highest BCUT2D eigenvalue weighted by Crippen LogP contribution is 2.32. The summed E-state index contributed by atoms with van der Waals surface area (Å²) < 4.78 is 5.28. The molecule has 2 N–H and O–H groups in total. The number of nitrogens with zero attached hydrogens (tertiary/aromatic N) is 3. The number of carbonyl (C=O) groups is 1. The standard InChI is InChI=1S/C26H25N5O2/c1-2-24(32)33-16-14-19-13-15-27-17-22(19)23-18-28-26(30-21-11-7-4-8-12-21)31-25(23)29-20-9-5-3-6-10-20/h3-13,15,17-18H,2,14,16H2,1H3,(H2,28,29,30,31). The van der Waals surface area contributed by atoms with Crippen molar-refractivity contribution in [3.8, 4) is 11.1 Å². The van der Waals surface area contributed by atoms with Crippen LogP contribution in [0.1, 0.15) is 18.9 Å². The van der Waals surface area contributed by atoms with Gasteiger partial charge in [-0.25, -0.2) is 4.98 Å². The van der Waals surface area contributed by atoms with E-state index in [1.54, 1.807) is 25.5 Å². The number of carbonyl (C=O) groups excluding carboxylic acids is 1. The fraction of sp³-hybridized carbons (Fsp3) is 0.154. The van der Waals surface area contributed by atoms with Crippen LogP contribution in [0.3, 0.4) is 0 Å². The lowest BCUT2D eigenvalue weighted by molar-refractivity contribution is -0.143. The number of ether oxygens (including phenoxy) is 1. The van der Waals surface area contributed by atoms with Crippen LogP contribution >= 0.6 is 0 Å². The fourth-order valence-corrected chi connectivity index (χ4v) is 3.30. The van der Waals surface area contributed by atoms with E-state index in [1.807, 2.05) is 66.7 Å². The molecule has 0 aliphatic heterocycles. The van der Waals surface area contributed by atoms with Crippen molar-refractivity contribution in [2.24, 2.45) is 0 Å². The molecular weight excluding hydrogens is 414 g/mol. The van der Waals surface area contributed by atoms with Gasteiger partial charge in [-0.05, 0) is 35.9 Å². The molecule has 0 saturated carbocycles. The van der Waals surface area contributed by atoms with Gasteiger partial charge in [0.25, 0.3) is 0 Å². The van der Waals surface area contributed by atoms with Crippen molar-refractivity contribution < 1.29 is 9.53 Å². The molecule has 0 aliphatic rings. The molecule has 2 aromatic carbocycles. The molecule has 0 fully saturated rings. The minimum absolute atomic E-state index is 0.211. The Balaban J connectivity index is 1.67. The van der Waals surface area contributed by atoms with Crippen molar-refractivity contribution in [3.05, 3.63) is 90.9 Å². The van der Waals surface area contributed by atoms with E-state index < -0.39 is 0 Å². The third kappa shape index (κ3) is 5.92. The Labute approximate surface area is 192 Å². The lowest BCUT2D eigenvalue weighted by Gasteiger charge is -2.15. The number of rotatable bonds is 9. The summed E-state index contributed by atoms with van der Waals surface area (Å²) in [5.41, 5.74) is 4.50. The molecule has 2 heterocycles. The van der Waals surface area contributed by atoms with Gasteiger partial charge in [-0.1, -0.05) is 43.3 Å². The average molecular weight is 440 g/mol. The molecule has 0 bridgehead atoms. The van der Waals surface area contributed by atoms with Gasteiger partial charge in [0.1, 0.15) is 5.82 Å². The second-order valence-electron chi connectivity index (χ2n) is 7.29. The Morgan fingerprint density at radius 2 is 1.58 bits per heavy atom. The lowest BCUT2D eigenvalue weighted by Crippen LogP contribution is -2.08. The molecule has 7 nitrogen and oxygen atoms in total. The molecular formula is C26H25N5O2. The first kappa shape index (κ1) is 22.0. The Kier molecular flexibility index (Phi) is 7.22. The van der Waals surface area contributed by atoms with Crippen LogP contribution in [0.4, 0.5) is 23.1 Å². The Hall–Kier alpha value is -4.26. The number of hydrogen-bond donors (Lipinski definition) is 2. The summed E-state index contributed by atoms with van der Waals surface area (Å²) in [6, 6.07) is 21.5. The van der Waals surface area contributed by atoms with Gasteiger partial charge in [0.05, 0.1) is 6.61 Å². The molecule has 0 spiro atoms. The largest absolute Gasteiger partial charge is 0.465 e. The zero-order chi connectivity index (χ0) is 22.9. The first-order valence-electron chi connectivity index (χ1n) is 10.8. The van der Waals surface area contributed by atoms with E-state index in [4.69, 9.17) is 9.72 Å². The minimum Gasteiger partial charge on any atom is -0.465 e. The van der Waals surface area contributed by atoms with Crippen LogP contribution < -0.4 is 10.6 Å². The zero-order valence-electron chi connectivity index (χ0n) is 18.4. The molecule has 4 aromatic rings. The van der Waals surface area contributed by atoms with Crippen LogP contribution in [0, 0.1) is 0 Å². The normalized spacial score (nSPS) is 10.5. The van der Waals surface area contributed by atoms with E-state index in [0.717, 1.165) is 28.1 Å². The summed E-state index contributed by atoms with van der Waals surface area (Å²) in [4.78, 5) is 25.1. The smallest absolute Gasteiger partial charge is 0.305 e. The first-order chi connectivity index (χ1) is 16.2. The number of para-hydroxylation sites is 2. The number of aromatic nitrogens is 3. The van der Waals surface area contributed by atoms with Crippen molar-refractivity contribution in [1.29, 1.82) is 0 Å². The maximum Gasteiger partial charge on any atom is 0.305 e.